The summed E-state index contributed by atoms with van der Waals surface area (Å²) < 4.78 is 0. The number of unbranched alkanes of at least 4 members (excludes halogenated alkanes) is 1. The van der Waals surface area contributed by atoms with Crippen molar-refractivity contribution in [1.82, 2.24) is 9.88 Å². The second-order valence-electron chi connectivity index (χ2n) is 5.53. The molecule has 2 heterocycles. The average molecular weight is 254 g/mol. The van der Waals surface area contributed by atoms with Crippen LogP contribution in [-0.4, -0.2) is 23.5 Å². The molecule has 2 nitrogen and oxygen atoms in total. The Kier molecular flexibility index (Phi) is 3.43. The van der Waals surface area contributed by atoms with Crippen molar-refractivity contribution in [2.75, 3.05) is 13.6 Å². The second kappa shape index (κ2) is 5.22. The normalized spacial score (nSPS) is 19.5. The van der Waals surface area contributed by atoms with Crippen molar-refractivity contribution in [2.45, 2.75) is 31.7 Å². The van der Waals surface area contributed by atoms with E-state index in [-0.39, 0.29) is 0 Å². The van der Waals surface area contributed by atoms with E-state index in [9.17, 15) is 0 Å². The number of benzene rings is 1. The van der Waals surface area contributed by atoms with Crippen LogP contribution in [0, 0.1) is 0 Å². The lowest BCUT2D eigenvalue weighted by Crippen LogP contribution is -2.32. The van der Waals surface area contributed by atoms with Crippen molar-refractivity contribution < 1.29 is 0 Å². The number of nitrogens with zero attached hydrogens (tertiary/aromatic N) is 1. The van der Waals surface area contributed by atoms with E-state index in [1.807, 2.05) is 6.08 Å². The number of aromatic amines is 1. The summed E-state index contributed by atoms with van der Waals surface area (Å²) in [7, 11) is 2.24. The van der Waals surface area contributed by atoms with Crippen LogP contribution in [0.5, 0.6) is 0 Å². The molecule has 0 fully saturated rings. The predicted octanol–water partition coefficient (Wildman–Crippen LogP) is 4.05. The highest BCUT2D eigenvalue weighted by atomic mass is 15.1. The van der Waals surface area contributed by atoms with Crippen LogP contribution in [0.3, 0.4) is 0 Å². The molecule has 0 radical (unpaired) electrons. The van der Waals surface area contributed by atoms with E-state index < -0.39 is 0 Å². The first-order valence-electron chi connectivity index (χ1n) is 7.22. The van der Waals surface area contributed by atoms with Crippen LogP contribution in [0.25, 0.3) is 10.9 Å². The zero-order chi connectivity index (χ0) is 13.2. The van der Waals surface area contributed by atoms with Gasteiger partial charge in [-0.15, -0.1) is 6.58 Å². The van der Waals surface area contributed by atoms with Gasteiger partial charge in [0, 0.05) is 29.2 Å². The van der Waals surface area contributed by atoms with Gasteiger partial charge in [0.1, 0.15) is 0 Å². The second-order valence-corrected chi connectivity index (χ2v) is 5.53. The minimum atomic E-state index is 0.538. The molecule has 1 aliphatic rings. The number of rotatable bonds is 4. The molecule has 2 aromatic rings. The highest BCUT2D eigenvalue weighted by Crippen LogP contribution is 2.36. The molecule has 1 aromatic carbocycles. The standard InChI is InChI=1S/C17H22N2/c1-3-4-5-10-16-17-14(11-12-19(16)2)13-8-6-7-9-15(13)18-17/h3,6-9,16,18H,1,4-5,10-12H2,2H3/t16-/m0/s1. The van der Waals surface area contributed by atoms with Gasteiger partial charge in [-0.3, -0.25) is 4.90 Å². The van der Waals surface area contributed by atoms with E-state index in [1.54, 1.807) is 0 Å². The molecule has 0 amide bonds. The van der Waals surface area contributed by atoms with Crippen LogP contribution in [-0.2, 0) is 6.42 Å². The number of para-hydroxylation sites is 1. The van der Waals surface area contributed by atoms with Gasteiger partial charge in [-0.1, -0.05) is 24.3 Å². The van der Waals surface area contributed by atoms with Crippen molar-refractivity contribution in [3.8, 4) is 0 Å². The lowest BCUT2D eigenvalue weighted by molar-refractivity contribution is 0.213. The van der Waals surface area contributed by atoms with Gasteiger partial charge in [-0.05, 0) is 44.4 Å². The molecule has 19 heavy (non-hydrogen) atoms. The fourth-order valence-corrected chi connectivity index (χ4v) is 3.26. The minimum Gasteiger partial charge on any atom is -0.357 e. The molecule has 1 aliphatic heterocycles. The average Bonchev–Trinajstić information content (AvgIpc) is 2.80. The number of hydrogen-bond donors (Lipinski definition) is 1. The van der Waals surface area contributed by atoms with Gasteiger partial charge in [-0.2, -0.15) is 0 Å². The Morgan fingerprint density at radius 1 is 1.42 bits per heavy atom. The van der Waals surface area contributed by atoms with Crippen LogP contribution in [0.15, 0.2) is 36.9 Å². The Balaban J connectivity index is 1.96. The van der Waals surface area contributed by atoms with Crippen molar-refractivity contribution in [2.24, 2.45) is 0 Å². The summed E-state index contributed by atoms with van der Waals surface area (Å²) in [6.45, 7) is 4.98. The molecule has 0 saturated carbocycles. The molecule has 0 aliphatic carbocycles. The molecule has 0 spiro atoms. The van der Waals surface area contributed by atoms with Gasteiger partial charge >= 0.3 is 0 Å². The topological polar surface area (TPSA) is 19.0 Å². The molecule has 0 bridgehead atoms. The third-order valence-corrected chi connectivity index (χ3v) is 4.31. The monoisotopic (exact) mass is 254 g/mol. The first kappa shape index (κ1) is 12.5. The number of nitrogens with one attached hydrogen (secondary N) is 1. The summed E-state index contributed by atoms with van der Waals surface area (Å²) in [6, 6.07) is 9.23. The molecular formula is C17H22N2. The highest BCUT2D eigenvalue weighted by Gasteiger charge is 2.27. The fourth-order valence-electron chi connectivity index (χ4n) is 3.26. The number of hydrogen-bond acceptors (Lipinski definition) is 1. The van der Waals surface area contributed by atoms with Gasteiger partial charge in [0.25, 0.3) is 0 Å². The van der Waals surface area contributed by atoms with Crippen LogP contribution in [0.1, 0.15) is 36.6 Å². The highest BCUT2D eigenvalue weighted by molar-refractivity contribution is 5.85. The van der Waals surface area contributed by atoms with E-state index in [1.165, 1.54) is 35.0 Å². The fraction of sp³-hybridized carbons (Fsp3) is 0.412. The van der Waals surface area contributed by atoms with E-state index in [0.29, 0.717) is 6.04 Å². The zero-order valence-corrected chi connectivity index (χ0v) is 11.7. The Bertz CT molecular complexity index is 582. The Morgan fingerprint density at radius 3 is 3.11 bits per heavy atom. The minimum absolute atomic E-state index is 0.538. The number of allylic oxidation sites excluding steroid dienone is 1. The molecule has 2 heteroatoms. The number of likely N-dealkylation sites (N-methyl/N-ethyl adjacent to an activating group) is 1. The molecule has 100 valence electrons. The maximum absolute atomic E-state index is 3.82. The maximum Gasteiger partial charge on any atom is 0.0498 e. The smallest absolute Gasteiger partial charge is 0.0498 e. The first-order chi connectivity index (χ1) is 9.31. The lowest BCUT2D eigenvalue weighted by Gasteiger charge is -2.32. The largest absolute Gasteiger partial charge is 0.357 e. The van der Waals surface area contributed by atoms with Gasteiger partial charge < -0.3 is 4.98 Å². The van der Waals surface area contributed by atoms with Crippen LogP contribution < -0.4 is 0 Å². The maximum atomic E-state index is 3.82. The van der Waals surface area contributed by atoms with Crippen LogP contribution in [0.2, 0.25) is 0 Å². The third kappa shape index (κ3) is 2.21. The molecule has 3 rings (SSSR count). The first-order valence-corrected chi connectivity index (χ1v) is 7.22. The summed E-state index contributed by atoms with van der Waals surface area (Å²) in [5, 5.41) is 1.42. The van der Waals surface area contributed by atoms with Crippen LogP contribution in [0.4, 0.5) is 0 Å². The molecule has 1 atom stereocenters. The van der Waals surface area contributed by atoms with E-state index in [4.69, 9.17) is 0 Å². The summed E-state index contributed by atoms with van der Waals surface area (Å²) in [6.07, 6.45) is 6.72. The van der Waals surface area contributed by atoms with Crippen LogP contribution >= 0.6 is 0 Å². The molecule has 0 unspecified atom stereocenters. The summed E-state index contributed by atoms with van der Waals surface area (Å²) in [4.78, 5) is 6.14. The van der Waals surface area contributed by atoms with Gasteiger partial charge in [0.05, 0.1) is 0 Å². The Labute approximate surface area is 115 Å². The van der Waals surface area contributed by atoms with Crippen molar-refractivity contribution in [3.63, 3.8) is 0 Å². The summed E-state index contributed by atoms with van der Waals surface area (Å²) >= 11 is 0. The van der Waals surface area contributed by atoms with Gasteiger partial charge in [-0.25, -0.2) is 0 Å². The third-order valence-electron chi connectivity index (χ3n) is 4.31. The molecule has 1 N–H and O–H groups in total. The quantitative estimate of drug-likeness (QED) is 0.644. The van der Waals surface area contributed by atoms with Gasteiger partial charge in [0.2, 0.25) is 0 Å². The Morgan fingerprint density at radius 2 is 2.26 bits per heavy atom. The number of aromatic nitrogens is 1. The summed E-state index contributed by atoms with van der Waals surface area (Å²) in [5.41, 5.74) is 4.27. The number of fused-ring (bicyclic) bond motifs is 3. The zero-order valence-electron chi connectivity index (χ0n) is 11.7. The van der Waals surface area contributed by atoms with Crippen molar-refractivity contribution in [1.29, 1.82) is 0 Å². The lowest BCUT2D eigenvalue weighted by atomic mass is 9.94. The predicted molar refractivity (Wildman–Crippen MR) is 81.4 cm³/mol. The van der Waals surface area contributed by atoms with E-state index in [0.717, 1.165) is 19.4 Å². The molecule has 1 aromatic heterocycles. The molecule has 0 saturated heterocycles. The van der Waals surface area contributed by atoms with Crippen molar-refractivity contribution >= 4 is 10.9 Å². The number of H-pyrrole nitrogens is 1. The van der Waals surface area contributed by atoms with Crippen molar-refractivity contribution in [3.05, 3.63) is 48.2 Å². The van der Waals surface area contributed by atoms with E-state index >= 15 is 0 Å². The van der Waals surface area contributed by atoms with E-state index in [2.05, 4.69) is 47.8 Å². The SMILES string of the molecule is C=CCCC[C@H]1c2[nH]c3ccccc3c2CCN1C. The molecular weight excluding hydrogens is 232 g/mol. The Hall–Kier alpha value is -1.54. The van der Waals surface area contributed by atoms with Gasteiger partial charge in [0.15, 0.2) is 0 Å². The summed E-state index contributed by atoms with van der Waals surface area (Å²) in [5.74, 6) is 0.